The Morgan fingerprint density at radius 3 is 2.93 bits per heavy atom. The van der Waals surface area contributed by atoms with Crippen molar-refractivity contribution in [3.63, 3.8) is 0 Å². The summed E-state index contributed by atoms with van der Waals surface area (Å²) in [6.07, 6.45) is 5.33. The molecule has 1 N–H and O–H groups in total. The van der Waals surface area contributed by atoms with Crippen molar-refractivity contribution in [3.8, 4) is 5.88 Å². The molecular formula is C12H18N2O. The molecule has 0 saturated heterocycles. The predicted octanol–water partition coefficient (Wildman–Crippen LogP) is 2.12. The van der Waals surface area contributed by atoms with Crippen molar-refractivity contribution in [2.45, 2.75) is 38.3 Å². The molecule has 0 unspecified atom stereocenters. The van der Waals surface area contributed by atoms with Crippen molar-refractivity contribution < 1.29 is 4.74 Å². The van der Waals surface area contributed by atoms with Crippen LogP contribution in [0.5, 0.6) is 5.88 Å². The van der Waals surface area contributed by atoms with E-state index in [2.05, 4.69) is 10.3 Å². The lowest BCUT2D eigenvalue weighted by atomic mass is 10.3. The Bertz CT molecular complexity index is 308. The first-order valence-electron chi connectivity index (χ1n) is 5.65. The summed E-state index contributed by atoms with van der Waals surface area (Å²) in [5, 5.41) is 3.09. The van der Waals surface area contributed by atoms with Crippen molar-refractivity contribution >= 4 is 0 Å². The van der Waals surface area contributed by atoms with Gasteiger partial charge in [0.05, 0.1) is 5.69 Å². The largest absolute Gasteiger partial charge is 0.474 e. The Morgan fingerprint density at radius 2 is 2.20 bits per heavy atom. The van der Waals surface area contributed by atoms with Crippen LogP contribution in [0.3, 0.4) is 0 Å². The van der Waals surface area contributed by atoms with Crippen molar-refractivity contribution in [2.24, 2.45) is 0 Å². The summed E-state index contributed by atoms with van der Waals surface area (Å²) in [5.74, 6) is 0.773. The molecule has 0 aromatic carbocycles. The zero-order chi connectivity index (χ0) is 10.5. The van der Waals surface area contributed by atoms with Crippen LogP contribution < -0.4 is 10.1 Å². The Hall–Kier alpha value is -1.09. The van der Waals surface area contributed by atoms with E-state index in [9.17, 15) is 0 Å². The van der Waals surface area contributed by atoms with Gasteiger partial charge in [0, 0.05) is 12.6 Å². The summed E-state index contributed by atoms with van der Waals surface area (Å²) in [6, 6.07) is 5.96. The van der Waals surface area contributed by atoms with Crippen LogP contribution in [0, 0.1) is 0 Å². The molecule has 0 radical (unpaired) electrons. The molecule has 1 aromatic heterocycles. The minimum absolute atomic E-state index is 0.391. The van der Waals surface area contributed by atoms with E-state index in [0.29, 0.717) is 6.10 Å². The molecule has 15 heavy (non-hydrogen) atoms. The average Bonchev–Trinajstić information content (AvgIpc) is 2.71. The SMILES string of the molecule is CNCc1cccc(OC2CCCC2)n1. The number of nitrogens with one attached hydrogen (secondary N) is 1. The minimum Gasteiger partial charge on any atom is -0.474 e. The Labute approximate surface area is 90.9 Å². The lowest BCUT2D eigenvalue weighted by Crippen LogP contribution is -2.13. The molecule has 0 spiro atoms. The van der Waals surface area contributed by atoms with Crippen LogP contribution >= 0.6 is 0 Å². The fourth-order valence-electron chi connectivity index (χ4n) is 1.98. The van der Waals surface area contributed by atoms with E-state index in [1.54, 1.807) is 0 Å². The van der Waals surface area contributed by atoms with Gasteiger partial charge in [-0.1, -0.05) is 6.07 Å². The van der Waals surface area contributed by atoms with Gasteiger partial charge in [0.15, 0.2) is 0 Å². The second-order valence-electron chi connectivity index (χ2n) is 4.02. The number of hydrogen-bond donors (Lipinski definition) is 1. The molecule has 1 fully saturated rings. The van der Waals surface area contributed by atoms with E-state index < -0.39 is 0 Å². The number of hydrogen-bond acceptors (Lipinski definition) is 3. The molecular weight excluding hydrogens is 188 g/mol. The molecule has 0 aliphatic heterocycles. The van der Waals surface area contributed by atoms with Gasteiger partial charge in [-0.3, -0.25) is 0 Å². The molecule has 0 amide bonds. The molecule has 3 nitrogen and oxygen atoms in total. The number of nitrogens with zero attached hydrogens (tertiary/aromatic N) is 1. The maximum Gasteiger partial charge on any atom is 0.213 e. The van der Waals surface area contributed by atoms with E-state index >= 15 is 0 Å². The lowest BCUT2D eigenvalue weighted by Gasteiger charge is -2.12. The van der Waals surface area contributed by atoms with Crippen LogP contribution in [-0.2, 0) is 6.54 Å². The summed E-state index contributed by atoms with van der Waals surface area (Å²) >= 11 is 0. The van der Waals surface area contributed by atoms with E-state index in [0.717, 1.165) is 18.1 Å². The molecule has 1 aromatic rings. The Balaban J connectivity index is 1.97. The third-order valence-corrected chi connectivity index (χ3v) is 2.73. The fraction of sp³-hybridized carbons (Fsp3) is 0.583. The highest BCUT2D eigenvalue weighted by Crippen LogP contribution is 2.22. The third kappa shape index (κ3) is 2.93. The highest BCUT2D eigenvalue weighted by Gasteiger charge is 2.16. The quantitative estimate of drug-likeness (QED) is 0.819. The molecule has 82 valence electrons. The topological polar surface area (TPSA) is 34.1 Å². The zero-order valence-electron chi connectivity index (χ0n) is 9.20. The van der Waals surface area contributed by atoms with Crippen LogP contribution in [0.4, 0.5) is 0 Å². The standard InChI is InChI=1S/C12H18N2O/c1-13-9-10-5-4-8-12(14-10)15-11-6-2-3-7-11/h4-5,8,11,13H,2-3,6-7,9H2,1H3. The van der Waals surface area contributed by atoms with Crippen LogP contribution in [0.2, 0.25) is 0 Å². The summed E-state index contributed by atoms with van der Waals surface area (Å²) in [7, 11) is 1.92. The maximum absolute atomic E-state index is 5.82. The Morgan fingerprint density at radius 1 is 1.40 bits per heavy atom. The highest BCUT2D eigenvalue weighted by molar-refractivity contribution is 5.16. The first-order chi connectivity index (χ1) is 7.38. The van der Waals surface area contributed by atoms with Crippen LogP contribution in [0.25, 0.3) is 0 Å². The number of ether oxygens (including phenoxy) is 1. The van der Waals surface area contributed by atoms with Gasteiger partial charge in [-0.25, -0.2) is 4.98 Å². The first kappa shape index (κ1) is 10.4. The molecule has 1 saturated carbocycles. The van der Waals surface area contributed by atoms with Gasteiger partial charge in [-0.2, -0.15) is 0 Å². The summed E-state index contributed by atoms with van der Waals surface area (Å²) < 4.78 is 5.82. The normalized spacial score (nSPS) is 16.9. The summed E-state index contributed by atoms with van der Waals surface area (Å²) in [5.41, 5.74) is 1.04. The van der Waals surface area contributed by atoms with Crippen molar-refractivity contribution in [2.75, 3.05) is 7.05 Å². The van der Waals surface area contributed by atoms with Gasteiger partial charge >= 0.3 is 0 Å². The van der Waals surface area contributed by atoms with E-state index in [1.165, 1.54) is 25.7 Å². The van der Waals surface area contributed by atoms with Gasteiger partial charge in [0.2, 0.25) is 5.88 Å². The average molecular weight is 206 g/mol. The van der Waals surface area contributed by atoms with Crippen LogP contribution in [-0.4, -0.2) is 18.1 Å². The van der Waals surface area contributed by atoms with E-state index in [1.807, 2.05) is 25.2 Å². The molecule has 2 rings (SSSR count). The molecule has 1 heterocycles. The van der Waals surface area contributed by atoms with Crippen LogP contribution in [0.1, 0.15) is 31.4 Å². The minimum atomic E-state index is 0.391. The number of pyridine rings is 1. The highest BCUT2D eigenvalue weighted by atomic mass is 16.5. The maximum atomic E-state index is 5.82. The van der Waals surface area contributed by atoms with E-state index in [-0.39, 0.29) is 0 Å². The van der Waals surface area contributed by atoms with E-state index in [4.69, 9.17) is 4.74 Å². The first-order valence-corrected chi connectivity index (χ1v) is 5.65. The molecule has 0 atom stereocenters. The van der Waals surface area contributed by atoms with Gasteiger partial charge < -0.3 is 10.1 Å². The number of aromatic nitrogens is 1. The van der Waals surface area contributed by atoms with Crippen molar-refractivity contribution in [3.05, 3.63) is 23.9 Å². The number of rotatable bonds is 4. The summed E-state index contributed by atoms with van der Waals surface area (Å²) in [4.78, 5) is 4.44. The van der Waals surface area contributed by atoms with Crippen molar-refractivity contribution in [1.82, 2.24) is 10.3 Å². The van der Waals surface area contributed by atoms with Gasteiger partial charge in [-0.15, -0.1) is 0 Å². The molecule has 3 heteroatoms. The smallest absolute Gasteiger partial charge is 0.213 e. The second kappa shape index (κ2) is 5.12. The molecule has 0 bridgehead atoms. The van der Waals surface area contributed by atoms with Gasteiger partial charge in [0.25, 0.3) is 0 Å². The summed E-state index contributed by atoms with van der Waals surface area (Å²) in [6.45, 7) is 0.794. The predicted molar refractivity (Wildman–Crippen MR) is 59.9 cm³/mol. The third-order valence-electron chi connectivity index (χ3n) is 2.73. The van der Waals surface area contributed by atoms with Crippen molar-refractivity contribution in [1.29, 1.82) is 0 Å². The lowest BCUT2D eigenvalue weighted by molar-refractivity contribution is 0.201. The monoisotopic (exact) mass is 206 g/mol. The molecule has 1 aliphatic rings. The fourth-order valence-corrected chi connectivity index (χ4v) is 1.98. The van der Waals surface area contributed by atoms with Crippen LogP contribution in [0.15, 0.2) is 18.2 Å². The Kier molecular flexibility index (Phi) is 3.56. The molecule has 1 aliphatic carbocycles. The zero-order valence-corrected chi connectivity index (χ0v) is 9.20. The van der Waals surface area contributed by atoms with Gasteiger partial charge in [0.1, 0.15) is 6.10 Å². The second-order valence-corrected chi connectivity index (χ2v) is 4.02. The van der Waals surface area contributed by atoms with Gasteiger partial charge in [-0.05, 0) is 38.8 Å².